The molecular formula is C11H10F3N5OS. The number of halogens is 3. The highest BCUT2D eigenvalue weighted by Gasteiger charge is 2.34. The molecule has 0 aliphatic heterocycles. The van der Waals surface area contributed by atoms with Gasteiger partial charge in [-0.2, -0.15) is 17.5 Å². The Morgan fingerprint density at radius 1 is 1.38 bits per heavy atom. The SMILES string of the molecule is Cc1nsc(NC(=O)c2ccc(NN)c(C(F)(F)F)c2)n1. The van der Waals surface area contributed by atoms with E-state index in [0.29, 0.717) is 5.82 Å². The molecule has 0 radical (unpaired) electrons. The van der Waals surface area contributed by atoms with Crippen molar-refractivity contribution in [3.8, 4) is 0 Å². The average molecular weight is 317 g/mol. The number of rotatable bonds is 3. The minimum absolute atomic E-state index is 0.158. The Bertz CT molecular complexity index is 670. The van der Waals surface area contributed by atoms with E-state index < -0.39 is 17.6 Å². The van der Waals surface area contributed by atoms with Gasteiger partial charge < -0.3 is 5.43 Å². The predicted molar refractivity (Wildman–Crippen MR) is 71.9 cm³/mol. The molecule has 0 aliphatic rings. The van der Waals surface area contributed by atoms with E-state index in [2.05, 4.69) is 14.7 Å². The number of alkyl halides is 3. The molecule has 1 aromatic heterocycles. The van der Waals surface area contributed by atoms with E-state index in [0.717, 1.165) is 23.7 Å². The van der Waals surface area contributed by atoms with Gasteiger partial charge in [0.2, 0.25) is 5.13 Å². The smallest absolute Gasteiger partial charge is 0.324 e. The number of nitrogens with one attached hydrogen (secondary N) is 2. The topological polar surface area (TPSA) is 92.9 Å². The van der Waals surface area contributed by atoms with Crippen LogP contribution in [-0.4, -0.2) is 15.3 Å². The molecule has 112 valence electrons. The van der Waals surface area contributed by atoms with Gasteiger partial charge in [-0.15, -0.1) is 0 Å². The van der Waals surface area contributed by atoms with Crippen molar-refractivity contribution in [1.29, 1.82) is 0 Å². The average Bonchev–Trinajstić information content (AvgIpc) is 2.82. The van der Waals surface area contributed by atoms with Crippen LogP contribution in [0.5, 0.6) is 0 Å². The normalized spacial score (nSPS) is 11.3. The van der Waals surface area contributed by atoms with Crippen LogP contribution in [0.4, 0.5) is 24.0 Å². The largest absolute Gasteiger partial charge is 0.418 e. The van der Waals surface area contributed by atoms with Gasteiger partial charge in [0.05, 0.1) is 11.3 Å². The Kier molecular flexibility index (Phi) is 4.09. The number of carbonyl (C=O) groups is 1. The van der Waals surface area contributed by atoms with Gasteiger partial charge in [0.1, 0.15) is 5.82 Å². The van der Waals surface area contributed by atoms with Gasteiger partial charge in [0.15, 0.2) is 0 Å². The molecule has 0 bridgehead atoms. The molecule has 0 fully saturated rings. The Labute approximate surface area is 121 Å². The first-order chi connectivity index (χ1) is 9.81. The molecule has 1 heterocycles. The van der Waals surface area contributed by atoms with Crippen LogP contribution in [0, 0.1) is 6.92 Å². The number of aryl methyl sites for hydroxylation is 1. The third kappa shape index (κ3) is 3.47. The summed E-state index contributed by atoms with van der Waals surface area (Å²) in [5, 5.41) is 2.60. The Hall–Kier alpha value is -2.20. The van der Waals surface area contributed by atoms with Crippen molar-refractivity contribution in [2.24, 2.45) is 5.84 Å². The number of aromatic nitrogens is 2. The minimum atomic E-state index is -4.63. The molecule has 0 unspecified atom stereocenters. The van der Waals surface area contributed by atoms with Crippen molar-refractivity contribution >= 4 is 28.3 Å². The maximum Gasteiger partial charge on any atom is 0.418 e. The number of benzene rings is 1. The van der Waals surface area contributed by atoms with Gasteiger partial charge in [-0.05, 0) is 25.1 Å². The summed E-state index contributed by atoms with van der Waals surface area (Å²) in [6.45, 7) is 1.63. The second-order valence-electron chi connectivity index (χ2n) is 4.00. The summed E-state index contributed by atoms with van der Waals surface area (Å²) < 4.78 is 42.4. The summed E-state index contributed by atoms with van der Waals surface area (Å²) in [6.07, 6.45) is -4.63. The highest BCUT2D eigenvalue weighted by Crippen LogP contribution is 2.35. The Morgan fingerprint density at radius 2 is 2.10 bits per heavy atom. The van der Waals surface area contributed by atoms with Gasteiger partial charge >= 0.3 is 6.18 Å². The second kappa shape index (κ2) is 5.66. The molecule has 4 N–H and O–H groups in total. The van der Waals surface area contributed by atoms with Gasteiger partial charge in [-0.1, -0.05) is 0 Å². The van der Waals surface area contributed by atoms with Crippen LogP contribution in [0.15, 0.2) is 18.2 Å². The molecule has 2 aromatic rings. The Balaban J connectivity index is 2.29. The molecule has 21 heavy (non-hydrogen) atoms. The van der Waals surface area contributed by atoms with Crippen LogP contribution in [0.2, 0.25) is 0 Å². The number of hydrogen-bond donors (Lipinski definition) is 3. The Morgan fingerprint density at radius 3 is 2.62 bits per heavy atom. The molecule has 0 aliphatic carbocycles. The van der Waals surface area contributed by atoms with Crippen LogP contribution in [0.1, 0.15) is 21.7 Å². The number of anilines is 2. The third-order valence-corrected chi connectivity index (χ3v) is 3.21. The molecule has 0 saturated carbocycles. The fourth-order valence-electron chi connectivity index (χ4n) is 1.56. The van der Waals surface area contributed by atoms with E-state index in [9.17, 15) is 18.0 Å². The monoisotopic (exact) mass is 317 g/mol. The van der Waals surface area contributed by atoms with Crippen molar-refractivity contribution in [2.45, 2.75) is 13.1 Å². The molecule has 6 nitrogen and oxygen atoms in total. The first kappa shape index (κ1) is 15.2. The lowest BCUT2D eigenvalue weighted by molar-refractivity contribution is -0.137. The lowest BCUT2D eigenvalue weighted by atomic mass is 10.1. The van der Waals surface area contributed by atoms with Crippen LogP contribution in [0.25, 0.3) is 0 Å². The lowest BCUT2D eigenvalue weighted by Crippen LogP contribution is -2.18. The number of nitrogens with two attached hydrogens (primary N) is 1. The second-order valence-corrected chi connectivity index (χ2v) is 4.76. The van der Waals surface area contributed by atoms with E-state index >= 15 is 0 Å². The van der Waals surface area contributed by atoms with Crippen molar-refractivity contribution in [3.63, 3.8) is 0 Å². The van der Waals surface area contributed by atoms with Crippen molar-refractivity contribution in [3.05, 3.63) is 35.2 Å². The summed E-state index contributed by atoms with van der Waals surface area (Å²) in [5.74, 6) is 4.79. The number of carbonyl (C=O) groups excluding carboxylic acids is 1. The zero-order chi connectivity index (χ0) is 15.6. The van der Waals surface area contributed by atoms with Gasteiger partial charge in [0.25, 0.3) is 5.91 Å². The molecule has 10 heteroatoms. The molecular weight excluding hydrogens is 307 g/mol. The summed E-state index contributed by atoms with van der Waals surface area (Å²) in [4.78, 5) is 15.8. The van der Waals surface area contributed by atoms with E-state index in [1.165, 1.54) is 6.07 Å². The zero-order valence-electron chi connectivity index (χ0n) is 10.7. The maximum atomic E-state index is 12.9. The van der Waals surface area contributed by atoms with E-state index in [4.69, 9.17) is 5.84 Å². The standard InChI is InChI=1S/C11H10F3N5OS/c1-5-16-10(21-19-5)17-9(20)6-2-3-8(18-15)7(4-6)11(12,13)14/h2-4,18H,15H2,1H3,(H,16,17,19,20). The van der Waals surface area contributed by atoms with Crippen LogP contribution >= 0.6 is 11.5 Å². The molecule has 0 atom stereocenters. The maximum absolute atomic E-state index is 12.9. The lowest BCUT2D eigenvalue weighted by Gasteiger charge is -2.13. The third-order valence-electron chi connectivity index (χ3n) is 2.49. The summed E-state index contributed by atoms with van der Waals surface area (Å²) in [6, 6.07) is 3.04. The van der Waals surface area contributed by atoms with Crippen LogP contribution in [0.3, 0.4) is 0 Å². The minimum Gasteiger partial charge on any atom is -0.324 e. The highest BCUT2D eigenvalue weighted by molar-refractivity contribution is 7.09. The van der Waals surface area contributed by atoms with E-state index in [-0.39, 0.29) is 16.4 Å². The van der Waals surface area contributed by atoms with Crippen LogP contribution in [-0.2, 0) is 6.18 Å². The number of amides is 1. The van der Waals surface area contributed by atoms with Crippen molar-refractivity contribution < 1.29 is 18.0 Å². The fourth-order valence-corrected chi connectivity index (χ4v) is 2.13. The number of nitrogen functional groups attached to an aromatic ring is 1. The molecule has 2 rings (SSSR count). The van der Waals surface area contributed by atoms with Crippen molar-refractivity contribution in [2.75, 3.05) is 10.7 Å². The fraction of sp³-hybridized carbons (Fsp3) is 0.182. The first-order valence-electron chi connectivity index (χ1n) is 5.61. The summed E-state index contributed by atoms with van der Waals surface area (Å²) in [5.41, 5.74) is 0.455. The predicted octanol–water partition coefficient (Wildman–Crippen LogP) is 2.40. The van der Waals surface area contributed by atoms with Crippen LogP contribution < -0.4 is 16.6 Å². The quantitative estimate of drug-likeness (QED) is 0.597. The summed E-state index contributed by atoms with van der Waals surface area (Å²) in [7, 11) is 0. The van der Waals surface area contributed by atoms with Gasteiger partial charge in [0, 0.05) is 17.1 Å². The molecule has 1 amide bonds. The molecule has 1 aromatic carbocycles. The van der Waals surface area contributed by atoms with E-state index in [1.54, 1.807) is 6.92 Å². The molecule has 0 spiro atoms. The molecule has 0 saturated heterocycles. The summed E-state index contributed by atoms with van der Waals surface area (Å²) >= 11 is 0.942. The number of hydrogen-bond acceptors (Lipinski definition) is 6. The number of nitrogens with zero attached hydrogens (tertiary/aromatic N) is 2. The first-order valence-corrected chi connectivity index (χ1v) is 6.38. The van der Waals surface area contributed by atoms with Gasteiger partial charge in [-0.3, -0.25) is 16.0 Å². The van der Waals surface area contributed by atoms with Crippen molar-refractivity contribution in [1.82, 2.24) is 9.36 Å². The highest BCUT2D eigenvalue weighted by atomic mass is 32.1. The van der Waals surface area contributed by atoms with Gasteiger partial charge in [-0.25, -0.2) is 4.98 Å². The number of hydrazine groups is 1. The van der Waals surface area contributed by atoms with E-state index in [1.807, 2.05) is 5.43 Å². The zero-order valence-corrected chi connectivity index (χ0v) is 11.5.